The van der Waals surface area contributed by atoms with Crippen LogP contribution in [0.3, 0.4) is 0 Å². The molecule has 0 aliphatic carbocycles. The molecule has 0 saturated carbocycles. The van der Waals surface area contributed by atoms with Crippen LogP contribution in [0.4, 0.5) is 0 Å². The fourth-order valence-electron chi connectivity index (χ4n) is 1.91. The quantitative estimate of drug-likeness (QED) is 0.546. The molecule has 0 aromatic heterocycles. The first-order valence-electron chi connectivity index (χ1n) is 6.11. The van der Waals surface area contributed by atoms with Crippen molar-refractivity contribution in [2.45, 2.75) is 51.8 Å². The van der Waals surface area contributed by atoms with Gasteiger partial charge in [-0.1, -0.05) is 0 Å². The third kappa shape index (κ3) is 5.14. The van der Waals surface area contributed by atoms with Gasteiger partial charge in [0.15, 0.2) is 12.4 Å². The molecule has 1 aliphatic rings. The Kier molecular flexibility index (Phi) is 5.90. The molecule has 8 nitrogen and oxygen atoms in total. The Morgan fingerprint density at radius 2 is 1.70 bits per heavy atom. The van der Waals surface area contributed by atoms with E-state index in [4.69, 9.17) is 18.9 Å². The van der Waals surface area contributed by atoms with E-state index in [1.165, 1.54) is 20.8 Å². The zero-order chi connectivity index (χ0) is 15.3. The lowest BCUT2D eigenvalue weighted by molar-refractivity contribution is -0.252. The van der Waals surface area contributed by atoms with Gasteiger partial charge >= 0.3 is 17.9 Å². The van der Waals surface area contributed by atoms with Crippen molar-refractivity contribution in [2.75, 3.05) is 6.61 Å². The van der Waals surface area contributed by atoms with Crippen LogP contribution in [0.1, 0.15) is 27.2 Å². The summed E-state index contributed by atoms with van der Waals surface area (Å²) in [6, 6.07) is 0. The minimum atomic E-state index is -1.20. The summed E-state index contributed by atoms with van der Waals surface area (Å²) >= 11 is 0. The summed E-state index contributed by atoms with van der Waals surface area (Å²) in [6.07, 6.45) is -3.95. The van der Waals surface area contributed by atoms with E-state index in [-0.39, 0.29) is 13.0 Å². The van der Waals surface area contributed by atoms with Crippen molar-refractivity contribution in [1.82, 2.24) is 0 Å². The van der Waals surface area contributed by atoms with E-state index < -0.39 is 42.5 Å². The Morgan fingerprint density at radius 1 is 1.10 bits per heavy atom. The second-order valence-corrected chi connectivity index (χ2v) is 4.39. The van der Waals surface area contributed by atoms with Crippen molar-refractivity contribution in [3.8, 4) is 0 Å². The minimum absolute atomic E-state index is 0.0336. The van der Waals surface area contributed by atoms with Crippen LogP contribution in [-0.4, -0.2) is 54.2 Å². The second kappa shape index (κ2) is 7.20. The summed E-state index contributed by atoms with van der Waals surface area (Å²) in [5, 5.41) is 9.59. The van der Waals surface area contributed by atoms with Crippen LogP contribution in [0.15, 0.2) is 0 Å². The predicted octanol–water partition coefficient (Wildman–Crippen LogP) is -0.480. The molecule has 8 heteroatoms. The first-order chi connectivity index (χ1) is 9.29. The van der Waals surface area contributed by atoms with E-state index in [1.54, 1.807) is 0 Å². The Labute approximate surface area is 115 Å². The molecule has 1 saturated heterocycles. The Morgan fingerprint density at radius 3 is 2.20 bits per heavy atom. The number of ether oxygens (including phenoxy) is 4. The molecule has 0 aromatic carbocycles. The van der Waals surface area contributed by atoms with Crippen molar-refractivity contribution in [2.24, 2.45) is 0 Å². The number of aliphatic hydroxyl groups is 1. The van der Waals surface area contributed by atoms with Crippen LogP contribution in [-0.2, 0) is 33.3 Å². The third-order valence-electron chi connectivity index (χ3n) is 2.57. The van der Waals surface area contributed by atoms with E-state index in [2.05, 4.69) is 0 Å². The van der Waals surface area contributed by atoms with Crippen molar-refractivity contribution in [3.05, 3.63) is 0 Å². The first kappa shape index (κ1) is 16.4. The zero-order valence-corrected chi connectivity index (χ0v) is 11.5. The zero-order valence-electron chi connectivity index (χ0n) is 11.5. The Bertz CT molecular complexity index is 380. The lowest BCUT2D eigenvalue weighted by Gasteiger charge is -2.38. The highest BCUT2D eigenvalue weighted by atomic mass is 16.7. The van der Waals surface area contributed by atoms with Crippen LogP contribution >= 0.6 is 0 Å². The van der Waals surface area contributed by atoms with Crippen LogP contribution in [0.25, 0.3) is 0 Å². The predicted molar refractivity (Wildman–Crippen MR) is 63.2 cm³/mol. The van der Waals surface area contributed by atoms with E-state index >= 15 is 0 Å². The normalized spacial score (nSPS) is 29.4. The molecule has 1 rings (SSSR count). The van der Waals surface area contributed by atoms with Crippen LogP contribution in [0.2, 0.25) is 0 Å². The molecule has 0 aromatic rings. The van der Waals surface area contributed by atoms with Crippen LogP contribution < -0.4 is 0 Å². The van der Waals surface area contributed by atoms with Crippen molar-refractivity contribution < 1.29 is 38.4 Å². The van der Waals surface area contributed by atoms with Gasteiger partial charge in [0.25, 0.3) is 0 Å². The van der Waals surface area contributed by atoms with E-state index in [0.29, 0.717) is 0 Å². The molecule has 1 aliphatic heterocycles. The highest BCUT2D eigenvalue weighted by Crippen LogP contribution is 2.25. The summed E-state index contributed by atoms with van der Waals surface area (Å²) in [7, 11) is 0. The third-order valence-corrected chi connectivity index (χ3v) is 2.57. The lowest BCUT2D eigenvalue weighted by Crippen LogP contribution is -2.53. The van der Waals surface area contributed by atoms with Gasteiger partial charge in [0.1, 0.15) is 18.8 Å². The summed E-state index contributed by atoms with van der Waals surface area (Å²) in [4.78, 5) is 33.0. The van der Waals surface area contributed by atoms with E-state index in [0.717, 1.165) is 0 Å². The highest BCUT2D eigenvalue weighted by Gasteiger charge is 2.43. The molecule has 2 unspecified atom stereocenters. The van der Waals surface area contributed by atoms with Crippen molar-refractivity contribution in [1.29, 1.82) is 0 Å². The summed E-state index contributed by atoms with van der Waals surface area (Å²) in [6.45, 7) is 3.39. The topological polar surface area (TPSA) is 108 Å². The number of rotatable bonds is 4. The SMILES string of the molecule is CC(=O)OCC1O[C@H](O)CC(OC(C)=O)[C@@H]1OC(C)=O. The largest absolute Gasteiger partial charge is 0.463 e. The molecule has 1 heterocycles. The molecule has 114 valence electrons. The molecule has 20 heavy (non-hydrogen) atoms. The van der Waals surface area contributed by atoms with Gasteiger partial charge in [-0.05, 0) is 0 Å². The highest BCUT2D eigenvalue weighted by molar-refractivity contribution is 5.67. The van der Waals surface area contributed by atoms with Gasteiger partial charge in [-0.3, -0.25) is 14.4 Å². The standard InChI is InChI=1S/C12H18O8/c1-6(13)17-5-10-12(19-8(3)15)9(18-7(2)14)4-11(16)20-10/h9-12,16H,4-5H2,1-3H3/t9?,10?,11-,12-/m0/s1. The number of carbonyl (C=O) groups is 3. The molecule has 0 amide bonds. The summed E-state index contributed by atoms with van der Waals surface area (Å²) < 4.78 is 20.0. The van der Waals surface area contributed by atoms with Gasteiger partial charge in [-0.2, -0.15) is 0 Å². The molecule has 1 fully saturated rings. The summed E-state index contributed by atoms with van der Waals surface area (Å²) in [5.74, 6) is -1.72. The smallest absolute Gasteiger partial charge is 0.303 e. The van der Waals surface area contributed by atoms with Gasteiger partial charge in [0, 0.05) is 27.2 Å². The number of aliphatic hydroxyl groups excluding tert-OH is 1. The minimum Gasteiger partial charge on any atom is -0.463 e. The molecule has 0 radical (unpaired) electrons. The van der Waals surface area contributed by atoms with Crippen molar-refractivity contribution in [3.63, 3.8) is 0 Å². The van der Waals surface area contributed by atoms with Crippen molar-refractivity contribution >= 4 is 17.9 Å². The molecule has 0 bridgehead atoms. The van der Waals surface area contributed by atoms with Crippen LogP contribution in [0.5, 0.6) is 0 Å². The number of carbonyl (C=O) groups excluding carboxylic acids is 3. The Balaban J connectivity index is 2.82. The van der Waals surface area contributed by atoms with Gasteiger partial charge in [-0.15, -0.1) is 0 Å². The molecular weight excluding hydrogens is 272 g/mol. The first-order valence-corrected chi connectivity index (χ1v) is 6.11. The van der Waals surface area contributed by atoms with Gasteiger partial charge in [0.05, 0.1) is 0 Å². The molecular formula is C12H18O8. The lowest BCUT2D eigenvalue weighted by atomic mass is 10.0. The van der Waals surface area contributed by atoms with Gasteiger partial charge in [0.2, 0.25) is 0 Å². The molecule has 4 atom stereocenters. The maximum Gasteiger partial charge on any atom is 0.303 e. The monoisotopic (exact) mass is 290 g/mol. The average molecular weight is 290 g/mol. The maximum atomic E-state index is 11.1. The van der Waals surface area contributed by atoms with Gasteiger partial charge < -0.3 is 24.1 Å². The average Bonchev–Trinajstić information content (AvgIpc) is 2.28. The summed E-state index contributed by atoms with van der Waals surface area (Å²) in [5.41, 5.74) is 0. The fraction of sp³-hybridized carbons (Fsp3) is 0.750. The fourth-order valence-corrected chi connectivity index (χ4v) is 1.91. The Hall–Kier alpha value is -1.67. The molecule has 1 N–H and O–H groups in total. The van der Waals surface area contributed by atoms with E-state index in [1.807, 2.05) is 0 Å². The number of esters is 3. The second-order valence-electron chi connectivity index (χ2n) is 4.39. The number of hydrogen-bond donors (Lipinski definition) is 1. The maximum absolute atomic E-state index is 11.1. The van der Waals surface area contributed by atoms with Gasteiger partial charge in [-0.25, -0.2) is 0 Å². The molecule has 0 spiro atoms. The van der Waals surface area contributed by atoms with E-state index in [9.17, 15) is 19.5 Å². The number of hydrogen-bond acceptors (Lipinski definition) is 8. The van der Waals surface area contributed by atoms with Crippen LogP contribution in [0, 0.1) is 0 Å².